The number of halogens is 1. The van der Waals surface area contributed by atoms with Gasteiger partial charge in [-0.15, -0.1) is 0 Å². The predicted octanol–water partition coefficient (Wildman–Crippen LogP) is 4.12. The first-order valence-corrected chi connectivity index (χ1v) is 6.16. The molecule has 0 aliphatic carbocycles. The van der Waals surface area contributed by atoms with Gasteiger partial charge in [0.1, 0.15) is 23.0 Å². The van der Waals surface area contributed by atoms with Crippen molar-refractivity contribution in [1.29, 1.82) is 0 Å². The number of anilines is 1. The molecule has 6 heteroatoms. The summed E-state index contributed by atoms with van der Waals surface area (Å²) in [6.07, 6.45) is 0. The first kappa shape index (κ1) is 14.0. The van der Waals surface area contributed by atoms with Gasteiger partial charge in [-0.2, -0.15) is 0 Å². The molecule has 2 rings (SSSR count). The molecule has 0 spiro atoms. The maximum absolute atomic E-state index is 13.3. The third-order valence-corrected chi connectivity index (χ3v) is 3.07. The van der Waals surface area contributed by atoms with Crippen LogP contribution in [0.3, 0.4) is 0 Å². The quantitative estimate of drug-likeness (QED) is 0.674. The standard InChI is InChI=1S/C14H15FN2O3/c1-8-6-12(10(3)20-8)9(2)16-13-7-11(15)4-5-14(13)17(18)19/h4-7,9,16H,1-3H3. The number of furan rings is 1. The number of nitro benzene ring substituents is 1. The molecule has 1 heterocycles. The van der Waals surface area contributed by atoms with Gasteiger partial charge in [0.05, 0.1) is 11.0 Å². The van der Waals surface area contributed by atoms with Gasteiger partial charge in [-0.1, -0.05) is 0 Å². The summed E-state index contributed by atoms with van der Waals surface area (Å²) in [6, 6.07) is 4.97. The highest BCUT2D eigenvalue weighted by molar-refractivity contribution is 5.62. The lowest BCUT2D eigenvalue weighted by Crippen LogP contribution is -2.09. The number of hydrogen-bond acceptors (Lipinski definition) is 4. The van der Waals surface area contributed by atoms with Crippen molar-refractivity contribution >= 4 is 11.4 Å². The lowest BCUT2D eigenvalue weighted by Gasteiger charge is -2.14. The topological polar surface area (TPSA) is 68.3 Å². The van der Waals surface area contributed by atoms with Gasteiger partial charge >= 0.3 is 0 Å². The lowest BCUT2D eigenvalue weighted by molar-refractivity contribution is -0.384. The van der Waals surface area contributed by atoms with E-state index in [9.17, 15) is 14.5 Å². The molecule has 1 aromatic heterocycles. The number of hydrogen-bond donors (Lipinski definition) is 1. The summed E-state index contributed by atoms with van der Waals surface area (Å²) in [5.74, 6) is 0.979. The summed E-state index contributed by atoms with van der Waals surface area (Å²) in [6.45, 7) is 5.49. The fourth-order valence-electron chi connectivity index (χ4n) is 2.17. The smallest absolute Gasteiger partial charge is 0.292 e. The Bertz CT molecular complexity index is 652. The maximum atomic E-state index is 13.3. The molecule has 5 nitrogen and oxygen atoms in total. The minimum absolute atomic E-state index is 0.153. The second-order valence-corrected chi connectivity index (χ2v) is 4.65. The molecule has 0 radical (unpaired) electrons. The molecule has 0 fully saturated rings. The van der Waals surface area contributed by atoms with Crippen molar-refractivity contribution < 1.29 is 13.7 Å². The fraction of sp³-hybridized carbons (Fsp3) is 0.286. The van der Waals surface area contributed by atoms with Crippen molar-refractivity contribution in [3.63, 3.8) is 0 Å². The molecule has 0 aliphatic rings. The molecule has 0 saturated carbocycles. The van der Waals surface area contributed by atoms with Crippen molar-refractivity contribution in [3.8, 4) is 0 Å². The van der Waals surface area contributed by atoms with E-state index in [4.69, 9.17) is 4.42 Å². The monoisotopic (exact) mass is 278 g/mol. The second kappa shape index (κ2) is 5.32. The Balaban J connectivity index is 2.32. The van der Waals surface area contributed by atoms with Gasteiger partial charge in [-0.05, 0) is 32.9 Å². The SMILES string of the molecule is Cc1cc(C(C)Nc2cc(F)ccc2[N+](=O)[O-])c(C)o1. The third-order valence-electron chi connectivity index (χ3n) is 3.07. The highest BCUT2D eigenvalue weighted by atomic mass is 19.1. The number of nitrogens with one attached hydrogen (secondary N) is 1. The van der Waals surface area contributed by atoms with Gasteiger partial charge < -0.3 is 9.73 Å². The van der Waals surface area contributed by atoms with Crippen LogP contribution in [0.1, 0.15) is 30.0 Å². The van der Waals surface area contributed by atoms with Gasteiger partial charge in [0.15, 0.2) is 0 Å². The highest BCUT2D eigenvalue weighted by Crippen LogP contribution is 2.30. The molecule has 0 aliphatic heterocycles. The van der Waals surface area contributed by atoms with E-state index in [2.05, 4.69) is 5.32 Å². The molecular formula is C14H15FN2O3. The van der Waals surface area contributed by atoms with E-state index in [1.807, 2.05) is 26.8 Å². The number of rotatable bonds is 4. The van der Waals surface area contributed by atoms with E-state index in [0.717, 1.165) is 35.3 Å². The molecule has 0 amide bonds. The van der Waals surface area contributed by atoms with Gasteiger partial charge in [0.25, 0.3) is 5.69 Å². The lowest BCUT2D eigenvalue weighted by atomic mass is 10.1. The predicted molar refractivity (Wildman–Crippen MR) is 73.3 cm³/mol. The van der Waals surface area contributed by atoms with Crippen LogP contribution < -0.4 is 5.32 Å². The zero-order chi connectivity index (χ0) is 14.9. The van der Waals surface area contributed by atoms with Crippen LogP contribution in [0, 0.1) is 29.8 Å². The molecule has 20 heavy (non-hydrogen) atoms. The van der Waals surface area contributed by atoms with Crippen LogP contribution in [-0.2, 0) is 0 Å². The van der Waals surface area contributed by atoms with Crippen molar-refractivity contribution in [2.24, 2.45) is 0 Å². The normalized spacial score (nSPS) is 12.2. The summed E-state index contributed by atoms with van der Waals surface area (Å²) >= 11 is 0. The van der Waals surface area contributed by atoms with Crippen LogP contribution in [0.5, 0.6) is 0 Å². The Morgan fingerprint density at radius 3 is 2.60 bits per heavy atom. The third kappa shape index (κ3) is 2.79. The average molecular weight is 278 g/mol. The van der Waals surface area contributed by atoms with E-state index in [1.54, 1.807) is 0 Å². The molecule has 106 valence electrons. The second-order valence-electron chi connectivity index (χ2n) is 4.65. The van der Waals surface area contributed by atoms with Crippen molar-refractivity contribution in [2.75, 3.05) is 5.32 Å². The first-order valence-electron chi connectivity index (χ1n) is 6.16. The van der Waals surface area contributed by atoms with Crippen molar-refractivity contribution in [1.82, 2.24) is 0 Å². The average Bonchev–Trinajstić information content (AvgIpc) is 2.68. The summed E-state index contributed by atoms with van der Waals surface area (Å²) in [7, 11) is 0. The molecule has 1 unspecified atom stereocenters. The van der Waals surface area contributed by atoms with Gasteiger partial charge in [0.2, 0.25) is 0 Å². The van der Waals surface area contributed by atoms with Gasteiger partial charge in [-0.3, -0.25) is 10.1 Å². The Hall–Kier alpha value is -2.37. The maximum Gasteiger partial charge on any atom is 0.292 e. The van der Waals surface area contributed by atoms with Crippen LogP contribution in [0.25, 0.3) is 0 Å². The minimum Gasteiger partial charge on any atom is -0.466 e. The number of nitrogens with zero attached hydrogens (tertiary/aromatic N) is 1. The highest BCUT2D eigenvalue weighted by Gasteiger charge is 2.19. The summed E-state index contributed by atoms with van der Waals surface area (Å²) < 4.78 is 18.7. The van der Waals surface area contributed by atoms with Crippen molar-refractivity contribution in [2.45, 2.75) is 26.8 Å². The van der Waals surface area contributed by atoms with E-state index in [1.165, 1.54) is 0 Å². The summed E-state index contributed by atoms with van der Waals surface area (Å²) in [4.78, 5) is 10.4. The molecule has 0 saturated heterocycles. The number of aryl methyl sites for hydroxylation is 2. The van der Waals surface area contributed by atoms with Crippen LogP contribution in [-0.4, -0.2) is 4.92 Å². The molecular weight excluding hydrogens is 263 g/mol. The van der Waals surface area contributed by atoms with Gasteiger partial charge in [0, 0.05) is 17.7 Å². The van der Waals surface area contributed by atoms with Crippen molar-refractivity contribution in [3.05, 3.63) is 57.3 Å². The van der Waals surface area contributed by atoms with Gasteiger partial charge in [-0.25, -0.2) is 4.39 Å². The zero-order valence-electron chi connectivity index (χ0n) is 11.4. The molecule has 1 N–H and O–H groups in total. The zero-order valence-corrected chi connectivity index (χ0v) is 11.4. The first-order chi connectivity index (χ1) is 9.38. The summed E-state index contributed by atoms with van der Waals surface area (Å²) in [5, 5.41) is 13.9. The number of nitro groups is 1. The van der Waals surface area contributed by atoms with E-state index < -0.39 is 10.7 Å². The summed E-state index contributed by atoms with van der Waals surface area (Å²) in [5.41, 5.74) is 0.887. The molecule has 1 aromatic carbocycles. The van der Waals surface area contributed by atoms with Crippen LogP contribution in [0.4, 0.5) is 15.8 Å². The van der Waals surface area contributed by atoms with Crippen LogP contribution >= 0.6 is 0 Å². The number of benzene rings is 1. The fourth-order valence-corrected chi connectivity index (χ4v) is 2.17. The van der Waals surface area contributed by atoms with E-state index in [0.29, 0.717) is 0 Å². The Morgan fingerprint density at radius 2 is 2.05 bits per heavy atom. The van der Waals surface area contributed by atoms with E-state index >= 15 is 0 Å². The van der Waals surface area contributed by atoms with Crippen LogP contribution in [0.2, 0.25) is 0 Å². The molecule has 1 atom stereocenters. The minimum atomic E-state index is -0.540. The Morgan fingerprint density at radius 1 is 1.35 bits per heavy atom. The largest absolute Gasteiger partial charge is 0.466 e. The molecule has 0 bridgehead atoms. The Labute approximate surface area is 115 Å². The van der Waals surface area contributed by atoms with Crippen LogP contribution in [0.15, 0.2) is 28.7 Å². The van der Waals surface area contributed by atoms with E-state index in [-0.39, 0.29) is 17.4 Å². The Kier molecular flexibility index (Phi) is 3.74. The molecule has 2 aromatic rings.